The molecule has 1 heterocycles. The summed E-state index contributed by atoms with van der Waals surface area (Å²) in [5, 5.41) is 7.40. The summed E-state index contributed by atoms with van der Waals surface area (Å²) in [6, 6.07) is 11.9. The van der Waals surface area contributed by atoms with Gasteiger partial charge in [0.1, 0.15) is 6.10 Å². The quantitative estimate of drug-likeness (QED) is 0.384. The zero-order chi connectivity index (χ0) is 22.7. The van der Waals surface area contributed by atoms with Crippen LogP contribution in [0, 0.1) is 0 Å². The van der Waals surface area contributed by atoms with E-state index in [-0.39, 0.29) is 21.7 Å². The lowest BCUT2D eigenvalue weighted by Crippen LogP contribution is -2.25. The molecule has 0 saturated heterocycles. The molecular formula is C22H22ClN3O4S2. The molecule has 32 heavy (non-hydrogen) atoms. The molecule has 7 nitrogen and oxygen atoms in total. The van der Waals surface area contributed by atoms with Gasteiger partial charge in [0.2, 0.25) is 0 Å². The number of amides is 1. The van der Waals surface area contributed by atoms with Crippen LogP contribution in [-0.2, 0) is 19.5 Å². The largest absolute Gasteiger partial charge is 0.392 e. The predicted molar refractivity (Wildman–Crippen MR) is 127 cm³/mol. The number of benzene rings is 2. The van der Waals surface area contributed by atoms with Gasteiger partial charge in [0.15, 0.2) is 20.7 Å². The lowest BCUT2D eigenvalue weighted by atomic mass is 9.98. The summed E-state index contributed by atoms with van der Waals surface area (Å²) >= 11 is 7.56. The Labute approximate surface area is 195 Å². The Hall–Kier alpha value is -2.49. The number of fused-ring (bicyclic) bond motifs is 1. The van der Waals surface area contributed by atoms with E-state index in [1.807, 2.05) is 24.3 Å². The maximum atomic E-state index is 13.1. The van der Waals surface area contributed by atoms with Crippen LogP contribution in [0.1, 0.15) is 37.7 Å². The third kappa shape index (κ3) is 5.28. The number of carbonyl (C=O) groups is 1. The number of para-hydroxylation sites is 1. The molecule has 168 valence electrons. The van der Waals surface area contributed by atoms with Crippen molar-refractivity contribution in [1.82, 2.24) is 4.98 Å². The predicted octanol–water partition coefficient (Wildman–Crippen LogP) is 5.05. The van der Waals surface area contributed by atoms with E-state index in [2.05, 4.69) is 15.5 Å². The van der Waals surface area contributed by atoms with Crippen molar-refractivity contribution in [2.75, 3.05) is 11.6 Å². The van der Waals surface area contributed by atoms with Gasteiger partial charge in [0.05, 0.1) is 20.1 Å². The zero-order valence-electron chi connectivity index (χ0n) is 17.4. The van der Waals surface area contributed by atoms with Crippen LogP contribution in [0.5, 0.6) is 0 Å². The van der Waals surface area contributed by atoms with Crippen LogP contribution in [0.25, 0.3) is 10.2 Å². The fraction of sp³-hybridized carbons (Fsp3) is 0.318. The fourth-order valence-electron chi connectivity index (χ4n) is 3.55. The number of hydrogen-bond donors (Lipinski definition) is 1. The van der Waals surface area contributed by atoms with Crippen LogP contribution in [0.15, 0.2) is 52.5 Å². The van der Waals surface area contributed by atoms with Gasteiger partial charge in [-0.25, -0.2) is 13.4 Å². The van der Waals surface area contributed by atoms with Crippen LogP contribution in [0.4, 0.5) is 5.13 Å². The van der Waals surface area contributed by atoms with Crippen LogP contribution >= 0.6 is 22.9 Å². The maximum Gasteiger partial charge on any atom is 0.280 e. The highest BCUT2D eigenvalue weighted by Gasteiger charge is 2.22. The van der Waals surface area contributed by atoms with Gasteiger partial charge in [-0.15, -0.1) is 0 Å². The summed E-state index contributed by atoms with van der Waals surface area (Å²) in [6.45, 7) is 0. The molecule has 1 aromatic heterocycles. The number of aromatic nitrogens is 1. The summed E-state index contributed by atoms with van der Waals surface area (Å²) in [7, 11) is -3.50. The standard InChI is InChI=1S/C22H22ClN3O4S2/c1-32(28,29)19-12-11-14(13-16(19)23)20(26-30-15-7-3-2-4-8-15)21(27)25-22-24-17-9-5-6-10-18(17)31-22/h5-6,9-13,15H,2-4,7-8H2,1H3,(H,24,25,27)/b26-20+. The molecule has 1 amide bonds. The molecule has 1 fully saturated rings. The smallest absolute Gasteiger partial charge is 0.280 e. The number of halogens is 1. The van der Waals surface area contributed by atoms with E-state index in [9.17, 15) is 13.2 Å². The first-order chi connectivity index (χ1) is 15.3. The second-order valence-corrected chi connectivity index (χ2v) is 11.1. The molecule has 0 atom stereocenters. The van der Waals surface area contributed by atoms with Crippen LogP contribution < -0.4 is 5.32 Å². The Morgan fingerprint density at radius 2 is 1.94 bits per heavy atom. The average molecular weight is 492 g/mol. The SMILES string of the molecule is CS(=O)(=O)c1ccc(/C(=N\OC2CCCCC2)C(=O)Nc2nc3ccccc3s2)cc1Cl. The number of hydrogen-bond acceptors (Lipinski definition) is 7. The van der Waals surface area contributed by atoms with Gasteiger partial charge in [-0.2, -0.15) is 0 Å². The number of oxime groups is 1. The van der Waals surface area contributed by atoms with Crippen molar-refractivity contribution in [2.45, 2.75) is 43.1 Å². The van der Waals surface area contributed by atoms with Crippen molar-refractivity contribution in [3.63, 3.8) is 0 Å². The molecule has 0 bridgehead atoms. The Balaban J connectivity index is 1.64. The monoisotopic (exact) mass is 491 g/mol. The second kappa shape index (κ2) is 9.56. The summed E-state index contributed by atoms with van der Waals surface area (Å²) < 4.78 is 24.7. The normalized spacial score (nSPS) is 15.6. The third-order valence-electron chi connectivity index (χ3n) is 5.18. The van der Waals surface area contributed by atoms with Gasteiger partial charge < -0.3 is 4.84 Å². The minimum Gasteiger partial charge on any atom is -0.392 e. The Bertz CT molecular complexity index is 1250. The molecule has 0 spiro atoms. The van der Waals surface area contributed by atoms with Gasteiger partial charge >= 0.3 is 0 Å². The molecule has 3 aromatic rings. The van der Waals surface area contributed by atoms with E-state index in [4.69, 9.17) is 16.4 Å². The topological polar surface area (TPSA) is 97.7 Å². The van der Waals surface area contributed by atoms with Crippen LogP contribution in [-0.4, -0.2) is 37.4 Å². The first-order valence-electron chi connectivity index (χ1n) is 10.2. The maximum absolute atomic E-state index is 13.1. The molecule has 0 aliphatic heterocycles. The van der Waals surface area contributed by atoms with Gasteiger partial charge in [-0.05, 0) is 49.9 Å². The summed E-state index contributed by atoms with van der Waals surface area (Å²) in [5.41, 5.74) is 1.15. The Morgan fingerprint density at radius 3 is 2.62 bits per heavy atom. The number of sulfone groups is 1. The van der Waals surface area contributed by atoms with E-state index >= 15 is 0 Å². The van der Waals surface area contributed by atoms with Crippen molar-refractivity contribution in [3.05, 3.63) is 53.1 Å². The van der Waals surface area contributed by atoms with Crippen molar-refractivity contribution in [2.24, 2.45) is 5.16 Å². The van der Waals surface area contributed by atoms with Crippen molar-refractivity contribution in [1.29, 1.82) is 0 Å². The number of carbonyl (C=O) groups excluding carboxylic acids is 1. The number of nitrogens with one attached hydrogen (secondary N) is 1. The summed E-state index contributed by atoms with van der Waals surface area (Å²) in [5.74, 6) is -0.511. The second-order valence-electron chi connectivity index (χ2n) is 7.66. The molecule has 2 aromatic carbocycles. The van der Waals surface area contributed by atoms with Crippen molar-refractivity contribution in [3.8, 4) is 0 Å². The lowest BCUT2D eigenvalue weighted by molar-refractivity contribution is -0.110. The number of nitrogens with zero attached hydrogens (tertiary/aromatic N) is 2. The summed E-state index contributed by atoms with van der Waals surface area (Å²) in [4.78, 5) is 23.3. The first-order valence-corrected chi connectivity index (χ1v) is 13.3. The number of thiazole rings is 1. The number of rotatable bonds is 6. The highest BCUT2D eigenvalue weighted by atomic mass is 35.5. The van der Waals surface area contributed by atoms with Crippen molar-refractivity contribution < 1.29 is 18.0 Å². The molecule has 1 N–H and O–H groups in total. The Kier molecular flexibility index (Phi) is 6.78. The average Bonchev–Trinajstić information content (AvgIpc) is 3.16. The Morgan fingerprint density at radius 1 is 1.19 bits per heavy atom. The fourth-order valence-corrected chi connectivity index (χ4v) is 5.74. The third-order valence-corrected chi connectivity index (χ3v) is 7.71. The minimum atomic E-state index is -3.50. The molecular weight excluding hydrogens is 470 g/mol. The van der Waals surface area contributed by atoms with Crippen LogP contribution in [0.3, 0.4) is 0 Å². The van der Waals surface area contributed by atoms with E-state index < -0.39 is 15.7 Å². The molecule has 10 heteroatoms. The number of anilines is 1. The molecule has 4 rings (SSSR count). The molecule has 1 saturated carbocycles. The van der Waals surface area contributed by atoms with Gasteiger partial charge in [-0.3, -0.25) is 10.1 Å². The van der Waals surface area contributed by atoms with E-state index in [0.717, 1.165) is 48.6 Å². The highest BCUT2D eigenvalue weighted by Crippen LogP contribution is 2.27. The molecule has 0 radical (unpaired) electrons. The molecule has 1 aliphatic carbocycles. The van der Waals surface area contributed by atoms with Crippen molar-refractivity contribution >= 4 is 59.7 Å². The molecule has 1 aliphatic rings. The van der Waals surface area contributed by atoms with Gasteiger partial charge in [0, 0.05) is 11.8 Å². The lowest BCUT2D eigenvalue weighted by Gasteiger charge is -2.20. The summed E-state index contributed by atoms with van der Waals surface area (Å²) in [6.07, 6.45) is 6.06. The highest BCUT2D eigenvalue weighted by molar-refractivity contribution is 7.90. The first kappa shape index (κ1) is 22.7. The van der Waals surface area contributed by atoms with Gasteiger partial charge in [0.25, 0.3) is 5.91 Å². The van der Waals surface area contributed by atoms with Gasteiger partial charge in [-0.1, -0.05) is 52.7 Å². The van der Waals surface area contributed by atoms with E-state index in [1.54, 1.807) is 0 Å². The minimum absolute atomic E-state index is 0.0109. The van der Waals surface area contributed by atoms with E-state index in [0.29, 0.717) is 10.7 Å². The van der Waals surface area contributed by atoms with Crippen LogP contribution in [0.2, 0.25) is 5.02 Å². The zero-order valence-corrected chi connectivity index (χ0v) is 19.8. The molecule has 0 unspecified atom stereocenters. The van der Waals surface area contributed by atoms with E-state index in [1.165, 1.54) is 29.5 Å².